The van der Waals surface area contributed by atoms with Crippen molar-refractivity contribution in [2.45, 2.75) is 0 Å². The van der Waals surface area contributed by atoms with E-state index in [2.05, 4.69) is 0 Å². The largest absolute Gasteiger partial charge is 0.497 e. The van der Waals surface area contributed by atoms with Crippen LogP contribution in [-0.2, 0) is 0 Å². The summed E-state index contributed by atoms with van der Waals surface area (Å²) in [6.07, 6.45) is 0. The molecule has 14 heavy (non-hydrogen) atoms. The van der Waals surface area contributed by atoms with Gasteiger partial charge in [-0.2, -0.15) is 0 Å². The molecule has 0 fully saturated rings. The Morgan fingerprint density at radius 2 is 2.14 bits per heavy atom. The van der Waals surface area contributed by atoms with Crippen LogP contribution in [0.25, 0.3) is 10.4 Å². The minimum Gasteiger partial charge on any atom is -0.497 e. The first-order chi connectivity index (χ1) is 6.81. The molecule has 72 valence electrons. The van der Waals surface area contributed by atoms with Crippen molar-refractivity contribution in [1.82, 2.24) is 0 Å². The molecule has 3 heteroatoms. The van der Waals surface area contributed by atoms with E-state index in [1.165, 1.54) is 0 Å². The van der Waals surface area contributed by atoms with Gasteiger partial charge < -0.3 is 4.74 Å². The summed E-state index contributed by atoms with van der Waals surface area (Å²) in [4.78, 5) is 1.09. The van der Waals surface area contributed by atoms with Gasteiger partial charge in [-0.05, 0) is 29.1 Å². The number of benzene rings is 1. The van der Waals surface area contributed by atoms with Crippen LogP contribution in [0.15, 0.2) is 35.7 Å². The second-order valence-electron chi connectivity index (χ2n) is 2.83. The molecular weight excluding hydrogens is 216 g/mol. The maximum Gasteiger partial charge on any atom is 0.119 e. The van der Waals surface area contributed by atoms with Crippen LogP contribution >= 0.6 is 22.9 Å². The normalized spacial score (nSPS) is 10.1. The monoisotopic (exact) mass is 224 g/mol. The van der Waals surface area contributed by atoms with Crippen LogP contribution in [0.5, 0.6) is 5.75 Å². The Morgan fingerprint density at radius 1 is 1.29 bits per heavy atom. The zero-order chi connectivity index (χ0) is 9.97. The summed E-state index contributed by atoms with van der Waals surface area (Å²) in [5, 5.41) is 2.78. The maximum absolute atomic E-state index is 6.04. The molecule has 1 aromatic heterocycles. The highest BCUT2D eigenvalue weighted by Gasteiger charge is 2.05. The highest BCUT2D eigenvalue weighted by molar-refractivity contribution is 7.14. The minimum atomic E-state index is 0.795. The second kappa shape index (κ2) is 4.03. The summed E-state index contributed by atoms with van der Waals surface area (Å²) in [5.74, 6) is 0.854. The van der Waals surface area contributed by atoms with Crippen LogP contribution in [0.1, 0.15) is 0 Å². The Morgan fingerprint density at radius 3 is 2.79 bits per heavy atom. The molecule has 0 spiro atoms. The van der Waals surface area contributed by atoms with Crippen LogP contribution in [-0.4, -0.2) is 7.11 Å². The van der Waals surface area contributed by atoms with Crippen molar-refractivity contribution in [1.29, 1.82) is 0 Å². The van der Waals surface area contributed by atoms with E-state index in [1.54, 1.807) is 18.4 Å². The van der Waals surface area contributed by atoms with Gasteiger partial charge in [-0.15, -0.1) is 11.3 Å². The van der Waals surface area contributed by atoms with Crippen molar-refractivity contribution in [3.8, 4) is 16.2 Å². The Bertz CT molecular complexity index is 436. The molecule has 2 rings (SSSR count). The molecule has 0 aliphatic rings. The Kier molecular flexibility index (Phi) is 2.75. The third kappa shape index (κ3) is 1.76. The lowest BCUT2D eigenvalue weighted by atomic mass is 10.2. The van der Waals surface area contributed by atoms with Crippen molar-refractivity contribution in [3.05, 3.63) is 40.7 Å². The summed E-state index contributed by atoms with van der Waals surface area (Å²) in [6, 6.07) is 9.80. The summed E-state index contributed by atoms with van der Waals surface area (Å²) < 4.78 is 5.15. The zero-order valence-electron chi connectivity index (χ0n) is 7.66. The fraction of sp³-hybridized carbons (Fsp3) is 0.0909. The minimum absolute atomic E-state index is 0.795. The molecule has 0 N–H and O–H groups in total. The van der Waals surface area contributed by atoms with Gasteiger partial charge in [-0.3, -0.25) is 0 Å². The summed E-state index contributed by atoms with van der Waals surface area (Å²) in [5.41, 5.74) is 1.10. The van der Waals surface area contributed by atoms with E-state index in [0.717, 1.165) is 21.2 Å². The van der Waals surface area contributed by atoms with Crippen molar-refractivity contribution < 1.29 is 4.74 Å². The standard InChI is InChI=1S/C11H9ClOS/c1-13-9-4-2-3-8(7-9)11-10(12)5-6-14-11/h2-7H,1H3. The number of halogens is 1. The number of rotatable bonds is 2. The van der Waals surface area contributed by atoms with E-state index in [9.17, 15) is 0 Å². The first-order valence-corrected chi connectivity index (χ1v) is 5.44. The van der Waals surface area contributed by atoms with Crippen molar-refractivity contribution in [2.24, 2.45) is 0 Å². The van der Waals surface area contributed by atoms with E-state index < -0.39 is 0 Å². The first-order valence-electron chi connectivity index (χ1n) is 4.18. The van der Waals surface area contributed by atoms with E-state index in [1.807, 2.05) is 35.7 Å². The molecule has 1 aromatic carbocycles. The quantitative estimate of drug-likeness (QED) is 0.747. The molecule has 2 aromatic rings. The predicted molar refractivity (Wildman–Crippen MR) is 61.3 cm³/mol. The van der Waals surface area contributed by atoms with Crippen molar-refractivity contribution in [2.75, 3.05) is 7.11 Å². The number of hydrogen-bond donors (Lipinski definition) is 0. The third-order valence-electron chi connectivity index (χ3n) is 1.95. The lowest BCUT2D eigenvalue weighted by Crippen LogP contribution is -1.82. The maximum atomic E-state index is 6.04. The summed E-state index contributed by atoms with van der Waals surface area (Å²) in [7, 11) is 1.66. The second-order valence-corrected chi connectivity index (χ2v) is 4.15. The number of ether oxygens (including phenoxy) is 1. The van der Waals surface area contributed by atoms with Crippen molar-refractivity contribution >= 4 is 22.9 Å². The summed E-state index contributed by atoms with van der Waals surface area (Å²) in [6.45, 7) is 0. The van der Waals surface area contributed by atoms with E-state index in [4.69, 9.17) is 16.3 Å². The van der Waals surface area contributed by atoms with Gasteiger partial charge in [0.05, 0.1) is 17.0 Å². The number of thiophene rings is 1. The predicted octanol–water partition coefficient (Wildman–Crippen LogP) is 4.08. The van der Waals surface area contributed by atoms with Gasteiger partial charge in [0.25, 0.3) is 0 Å². The molecule has 0 saturated carbocycles. The van der Waals surface area contributed by atoms with Gasteiger partial charge in [0, 0.05) is 0 Å². The van der Waals surface area contributed by atoms with Gasteiger partial charge >= 0.3 is 0 Å². The molecule has 0 atom stereocenters. The molecule has 0 unspecified atom stereocenters. The molecule has 0 aliphatic heterocycles. The molecule has 0 aliphatic carbocycles. The molecule has 0 radical (unpaired) electrons. The SMILES string of the molecule is COc1cccc(-c2sccc2Cl)c1. The van der Waals surface area contributed by atoms with Crippen LogP contribution in [0.2, 0.25) is 5.02 Å². The Hall–Kier alpha value is -0.990. The first kappa shape index (κ1) is 9.56. The zero-order valence-corrected chi connectivity index (χ0v) is 9.23. The van der Waals surface area contributed by atoms with Crippen LogP contribution in [0.3, 0.4) is 0 Å². The average Bonchev–Trinajstić information content (AvgIpc) is 2.65. The fourth-order valence-electron chi connectivity index (χ4n) is 1.26. The fourth-order valence-corrected chi connectivity index (χ4v) is 2.43. The van der Waals surface area contributed by atoms with Gasteiger partial charge in [-0.1, -0.05) is 23.7 Å². The Balaban J connectivity index is 2.47. The number of methoxy groups -OCH3 is 1. The van der Waals surface area contributed by atoms with Crippen molar-refractivity contribution in [3.63, 3.8) is 0 Å². The van der Waals surface area contributed by atoms with E-state index in [-0.39, 0.29) is 0 Å². The van der Waals surface area contributed by atoms with Gasteiger partial charge in [0.2, 0.25) is 0 Å². The van der Waals surface area contributed by atoms with Gasteiger partial charge in [-0.25, -0.2) is 0 Å². The molecule has 0 bridgehead atoms. The highest BCUT2D eigenvalue weighted by atomic mass is 35.5. The third-order valence-corrected chi connectivity index (χ3v) is 3.34. The topological polar surface area (TPSA) is 9.23 Å². The van der Waals surface area contributed by atoms with E-state index >= 15 is 0 Å². The smallest absolute Gasteiger partial charge is 0.119 e. The molecule has 1 nitrogen and oxygen atoms in total. The van der Waals surface area contributed by atoms with Gasteiger partial charge in [0.1, 0.15) is 5.75 Å². The summed E-state index contributed by atoms with van der Waals surface area (Å²) >= 11 is 7.67. The average molecular weight is 225 g/mol. The van der Waals surface area contributed by atoms with Crippen LogP contribution in [0.4, 0.5) is 0 Å². The molecular formula is C11H9ClOS. The van der Waals surface area contributed by atoms with Crippen LogP contribution < -0.4 is 4.74 Å². The van der Waals surface area contributed by atoms with Gasteiger partial charge in [0.15, 0.2) is 0 Å². The van der Waals surface area contributed by atoms with Crippen LogP contribution in [0, 0.1) is 0 Å². The lowest BCUT2D eigenvalue weighted by molar-refractivity contribution is 0.415. The Labute approximate surface area is 91.9 Å². The molecule has 0 saturated heterocycles. The van der Waals surface area contributed by atoms with E-state index in [0.29, 0.717) is 0 Å². The molecule has 1 heterocycles. The highest BCUT2D eigenvalue weighted by Crippen LogP contribution is 2.34. The lowest BCUT2D eigenvalue weighted by Gasteiger charge is -2.02. The number of hydrogen-bond acceptors (Lipinski definition) is 2. The molecule has 0 amide bonds.